The second-order valence-corrected chi connectivity index (χ2v) is 6.35. The summed E-state index contributed by atoms with van der Waals surface area (Å²) in [6.07, 6.45) is 1.05. The maximum absolute atomic E-state index is 11.3. The van der Waals surface area contributed by atoms with Crippen LogP contribution in [-0.2, 0) is 19.1 Å². The lowest BCUT2D eigenvalue weighted by molar-refractivity contribution is -0.220. The average Bonchev–Trinajstić information content (AvgIpc) is 2.66. The van der Waals surface area contributed by atoms with Gasteiger partial charge in [-0.25, -0.2) is 0 Å². The Morgan fingerprint density at radius 2 is 1.26 bits per heavy atom. The van der Waals surface area contributed by atoms with Crippen molar-refractivity contribution in [3.05, 3.63) is 10.1 Å². The van der Waals surface area contributed by atoms with Gasteiger partial charge in [0.15, 0.2) is 0 Å². The van der Waals surface area contributed by atoms with Crippen LogP contribution >= 0.6 is 46.4 Å². The Balaban J connectivity index is 2.84. The highest BCUT2D eigenvalue weighted by Crippen LogP contribution is 2.72. The number of hydrogen-bond acceptors (Lipinski definition) is 4. The molecule has 2 bridgehead atoms. The van der Waals surface area contributed by atoms with Crippen LogP contribution in [0.5, 0.6) is 0 Å². The van der Waals surface area contributed by atoms with Gasteiger partial charge in [-0.05, 0) is 0 Å². The molecule has 0 N–H and O–H groups in total. The van der Waals surface area contributed by atoms with Crippen molar-refractivity contribution in [1.82, 2.24) is 0 Å². The fraction of sp³-hybridized carbons (Fsp3) is 0.636. The van der Waals surface area contributed by atoms with Crippen LogP contribution in [0.25, 0.3) is 0 Å². The number of ether oxygens (including phenoxy) is 2. The van der Waals surface area contributed by atoms with E-state index in [0.717, 1.165) is 0 Å². The molecule has 0 aromatic heterocycles. The molecule has 8 heteroatoms. The normalized spacial score (nSPS) is 43.7. The summed E-state index contributed by atoms with van der Waals surface area (Å²) in [6.45, 7) is 0. The van der Waals surface area contributed by atoms with Crippen LogP contribution in [0.2, 0.25) is 0 Å². The predicted octanol–water partition coefficient (Wildman–Crippen LogP) is 2.28. The molecule has 4 atom stereocenters. The van der Waals surface area contributed by atoms with Crippen LogP contribution in [0.3, 0.4) is 0 Å². The van der Waals surface area contributed by atoms with Gasteiger partial charge in [0, 0.05) is 14.2 Å². The van der Waals surface area contributed by atoms with Crippen molar-refractivity contribution in [1.29, 1.82) is 0 Å². The van der Waals surface area contributed by atoms with Crippen molar-refractivity contribution in [2.75, 3.05) is 14.2 Å². The van der Waals surface area contributed by atoms with Crippen LogP contribution < -0.4 is 0 Å². The topological polar surface area (TPSA) is 52.6 Å². The molecule has 0 unspecified atom stereocenters. The van der Waals surface area contributed by atoms with Crippen LogP contribution in [0.1, 0.15) is 0 Å². The Kier molecular flexibility index (Phi) is 3.75. The highest BCUT2D eigenvalue weighted by Gasteiger charge is 2.84. The molecule has 1 fully saturated rings. The van der Waals surface area contributed by atoms with Crippen molar-refractivity contribution in [3.8, 4) is 0 Å². The molecule has 1 saturated carbocycles. The standard InChI is InChI=1S/C11H10Cl4O4/c1-18-11(19-2)9(14)5(3-16)6(4-17)10(11,15)8(13)7(9)12/h3-6H,1-2H3/t5-,6-,9-,10+/m1/s1. The highest BCUT2D eigenvalue weighted by atomic mass is 35.5. The van der Waals surface area contributed by atoms with Gasteiger partial charge >= 0.3 is 0 Å². The lowest BCUT2D eigenvalue weighted by atomic mass is 9.84. The lowest BCUT2D eigenvalue weighted by Crippen LogP contribution is -2.57. The molecule has 0 aromatic rings. The molecule has 4 nitrogen and oxygen atoms in total. The smallest absolute Gasteiger partial charge is 0.218 e. The quantitative estimate of drug-likeness (QED) is 0.444. The molecule has 0 saturated heterocycles. The summed E-state index contributed by atoms with van der Waals surface area (Å²) in [5.41, 5.74) is 0. The molecular formula is C11H10Cl4O4. The van der Waals surface area contributed by atoms with Crippen molar-refractivity contribution in [2.24, 2.45) is 11.8 Å². The molecule has 2 aliphatic carbocycles. The van der Waals surface area contributed by atoms with Crippen LogP contribution in [-0.4, -0.2) is 42.3 Å². The molecule has 2 rings (SSSR count). The summed E-state index contributed by atoms with van der Waals surface area (Å²) in [6, 6.07) is 0. The van der Waals surface area contributed by atoms with E-state index in [1.165, 1.54) is 14.2 Å². The molecule has 106 valence electrons. The minimum atomic E-state index is -1.70. The number of carbonyl (C=O) groups excluding carboxylic acids is 2. The van der Waals surface area contributed by atoms with Crippen molar-refractivity contribution >= 4 is 59.0 Å². The largest absolute Gasteiger partial charge is 0.350 e. The van der Waals surface area contributed by atoms with E-state index < -0.39 is 27.4 Å². The van der Waals surface area contributed by atoms with Crippen LogP contribution in [0.15, 0.2) is 10.1 Å². The number of carbonyl (C=O) groups is 2. The number of hydrogen-bond donors (Lipinski definition) is 0. The van der Waals surface area contributed by atoms with Gasteiger partial charge in [0.25, 0.3) is 0 Å². The second-order valence-electron chi connectivity index (χ2n) is 4.40. The predicted molar refractivity (Wildman–Crippen MR) is 71.8 cm³/mol. The van der Waals surface area contributed by atoms with Gasteiger partial charge in [0.1, 0.15) is 22.3 Å². The molecular weight excluding hydrogens is 338 g/mol. The van der Waals surface area contributed by atoms with Gasteiger partial charge in [-0.1, -0.05) is 23.2 Å². The summed E-state index contributed by atoms with van der Waals surface area (Å²) in [7, 11) is 2.60. The number of alkyl halides is 2. The summed E-state index contributed by atoms with van der Waals surface area (Å²) in [4.78, 5) is 19.4. The average molecular weight is 348 g/mol. The fourth-order valence-electron chi connectivity index (χ4n) is 3.13. The van der Waals surface area contributed by atoms with Gasteiger partial charge in [0.2, 0.25) is 5.79 Å². The Bertz CT molecular complexity index is 437. The Morgan fingerprint density at radius 1 is 0.947 bits per heavy atom. The maximum atomic E-state index is 11.3. The zero-order chi connectivity index (χ0) is 14.6. The van der Waals surface area contributed by atoms with Gasteiger partial charge in [-0.15, -0.1) is 23.2 Å². The third-order valence-corrected chi connectivity index (χ3v) is 6.61. The van der Waals surface area contributed by atoms with Crippen molar-refractivity contribution in [2.45, 2.75) is 15.5 Å². The van der Waals surface area contributed by atoms with E-state index in [0.29, 0.717) is 12.6 Å². The second kappa shape index (κ2) is 4.58. The van der Waals surface area contributed by atoms with E-state index in [1.54, 1.807) is 0 Å². The molecule has 2 aliphatic rings. The molecule has 0 aliphatic heterocycles. The first-order chi connectivity index (χ1) is 8.83. The molecule has 0 heterocycles. The van der Waals surface area contributed by atoms with E-state index in [2.05, 4.69) is 0 Å². The summed E-state index contributed by atoms with van der Waals surface area (Å²) in [5, 5.41) is -0.0746. The molecule has 19 heavy (non-hydrogen) atoms. The van der Waals surface area contributed by atoms with Gasteiger partial charge in [-0.2, -0.15) is 0 Å². The minimum Gasteiger partial charge on any atom is -0.350 e. The van der Waals surface area contributed by atoms with Gasteiger partial charge in [-0.3, -0.25) is 0 Å². The Hall–Kier alpha value is 0.160. The van der Waals surface area contributed by atoms with E-state index in [1.807, 2.05) is 0 Å². The molecule has 0 aromatic carbocycles. The third kappa shape index (κ3) is 1.31. The molecule has 0 amide bonds. The summed E-state index contributed by atoms with van der Waals surface area (Å²) >= 11 is 25.2. The first-order valence-corrected chi connectivity index (χ1v) is 6.79. The molecule has 0 radical (unpaired) electrons. The Labute approximate surface area is 129 Å². The van der Waals surface area contributed by atoms with Crippen molar-refractivity contribution < 1.29 is 19.1 Å². The van der Waals surface area contributed by atoms with E-state index >= 15 is 0 Å². The lowest BCUT2D eigenvalue weighted by Gasteiger charge is -2.40. The first kappa shape index (κ1) is 15.5. The zero-order valence-corrected chi connectivity index (χ0v) is 13.0. The Morgan fingerprint density at radius 3 is 1.47 bits per heavy atom. The van der Waals surface area contributed by atoms with Crippen LogP contribution in [0.4, 0.5) is 0 Å². The SMILES string of the molecule is COC1(OC)[C@@]2(Cl)C(Cl)=C(Cl)[C@]1(Cl)[C@H](C=O)[C@H]2C=O. The third-order valence-electron chi connectivity index (χ3n) is 3.96. The number of fused-ring (bicyclic) bond motifs is 2. The first-order valence-electron chi connectivity index (χ1n) is 5.28. The number of aldehydes is 2. The van der Waals surface area contributed by atoms with E-state index in [9.17, 15) is 9.59 Å². The highest BCUT2D eigenvalue weighted by molar-refractivity contribution is 6.52. The summed E-state index contributed by atoms with van der Waals surface area (Å²) in [5.74, 6) is -3.70. The maximum Gasteiger partial charge on any atom is 0.218 e. The number of halogens is 4. The zero-order valence-electron chi connectivity index (χ0n) is 9.95. The molecule has 0 spiro atoms. The monoisotopic (exact) mass is 346 g/mol. The van der Waals surface area contributed by atoms with E-state index in [4.69, 9.17) is 55.9 Å². The minimum absolute atomic E-state index is 0.0373. The summed E-state index contributed by atoms with van der Waals surface area (Å²) < 4.78 is 10.7. The number of methoxy groups -OCH3 is 2. The number of rotatable bonds is 4. The van der Waals surface area contributed by atoms with E-state index in [-0.39, 0.29) is 10.1 Å². The van der Waals surface area contributed by atoms with Crippen LogP contribution in [0, 0.1) is 11.8 Å². The van der Waals surface area contributed by atoms with Gasteiger partial charge < -0.3 is 19.1 Å². The van der Waals surface area contributed by atoms with Gasteiger partial charge in [0.05, 0.1) is 21.9 Å². The fourth-order valence-corrected chi connectivity index (χ4v) is 5.25. The van der Waals surface area contributed by atoms with Crippen molar-refractivity contribution in [3.63, 3.8) is 0 Å².